The smallest absolute Gasteiger partial charge is 0.293 e. The molecule has 0 fully saturated rings. The van der Waals surface area contributed by atoms with Gasteiger partial charge < -0.3 is 20.4 Å². The van der Waals surface area contributed by atoms with E-state index in [1.807, 2.05) is 57.4 Å². The molecule has 0 aromatic carbocycles. The summed E-state index contributed by atoms with van der Waals surface area (Å²) in [5.41, 5.74) is 10.4. The number of likely N-dealkylation sites (N-methyl/N-ethyl adjacent to an activating group) is 2. The Bertz CT molecular complexity index is 1340. The summed E-state index contributed by atoms with van der Waals surface area (Å²) in [5.74, 6) is -0.910. The van der Waals surface area contributed by atoms with Gasteiger partial charge in [0.1, 0.15) is 0 Å². The van der Waals surface area contributed by atoms with E-state index in [1.165, 1.54) is 22.4 Å². The van der Waals surface area contributed by atoms with Crippen LogP contribution in [0, 0.1) is 5.82 Å². The number of aromatic nitrogens is 1. The molecule has 1 aromatic rings. The van der Waals surface area contributed by atoms with Crippen LogP contribution in [0.2, 0.25) is 0 Å². The van der Waals surface area contributed by atoms with Crippen LogP contribution in [0.5, 0.6) is 0 Å². The second kappa shape index (κ2) is 12.8. The number of nitrogens with zero attached hydrogens (tertiary/aromatic N) is 5. The molecule has 2 aliphatic rings. The number of rotatable bonds is 8. The molecule has 0 aliphatic carbocycles. The van der Waals surface area contributed by atoms with E-state index in [9.17, 15) is 14.0 Å². The van der Waals surface area contributed by atoms with Gasteiger partial charge in [0.15, 0.2) is 0 Å². The number of amides is 1. The van der Waals surface area contributed by atoms with Crippen LogP contribution in [0.4, 0.5) is 10.1 Å². The topological polar surface area (TPSA) is 78.1 Å². The molecule has 210 valence electrons. The Labute approximate surface area is 231 Å². The number of halogens is 1. The fourth-order valence-electron chi connectivity index (χ4n) is 4.74. The molecule has 8 nitrogen and oxygen atoms in total. The van der Waals surface area contributed by atoms with Gasteiger partial charge in [0.25, 0.3) is 11.5 Å². The summed E-state index contributed by atoms with van der Waals surface area (Å²) >= 11 is 0. The van der Waals surface area contributed by atoms with Crippen molar-refractivity contribution in [2.45, 2.75) is 20.3 Å². The summed E-state index contributed by atoms with van der Waals surface area (Å²) in [4.78, 5) is 32.9. The normalized spacial score (nSPS) is 17.5. The first kappa shape index (κ1) is 29.7. The molecular formula is C30H41FN6O2. The summed E-state index contributed by atoms with van der Waals surface area (Å²) < 4.78 is 15.6. The quantitative estimate of drug-likeness (QED) is 0.514. The zero-order valence-electron chi connectivity index (χ0n) is 24.2. The van der Waals surface area contributed by atoms with Crippen molar-refractivity contribution in [1.29, 1.82) is 0 Å². The lowest BCUT2D eigenvalue weighted by atomic mass is 9.99. The highest BCUT2D eigenvalue weighted by Gasteiger charge is 2.22. The van der Waals surface area contributed by atoms with Gasteiger partial charge in [-0.15, -0.1) is 0 Å². The molecule has 1 amide bonds. The Balaban J connectivity index is 1.77. The second-order valence-electron chi connectivity index (χ2n) is 10.6. The highest BCUT2D eigenvalue weighted by atomic mass is 19.1. The first-order chi connectivity index (χ1) is 18.4. The standard InChI is InChI=1S/C30H41FN6O2/c1-21(18-22(2)26(13-14-33(3)4)37-17-12-25(32)28(31)30(37)39)19-36-15-10-23(11-16-36)27-9-8-24(20-35(27)7)29(38)34(5)6/h8-10,12-14,17-18H,11,15-16,19-20,32H2,1-7H3/b14-13-,21-18+,26-22-. The number of allylic oxidation sites excluding steroid dienone is 7. The lowest BCUT2D eigenvalue weighted by Crippen LogP contribution is -2.35. The Morgan fingerprint density at radius 2 is 1.90 bits per heavy atom. The maximum absolute atomic E-state index is 14.3. The van der Waals surface area contributed by atoms with Gasteiger partial charge in [0.05, 0.1) is 11.4 Å². The van der Waals surface area contributed by atoms with E-state index < -0.39 is 11.4 Å². The summed E-state index contributed by atoms with van der Waals surface area (Å²) in [7, 11) is 9.33. The molecule has 0 atom stereocenters. The molecular weight excluding hydrogens is 495 g/mol. The summed E-state index contributed by atoms with van der Waals surface area (Å²) in [6.45, 7) is 7.08. The number of anilines is 1. The fraction of sp³-hybridized carbons (Fsp3) is 0.400. The van der Waals surface area contributed by atoms with Gasteiger partial charge in [-0.25, -0.2) is 0 Å². The number of nitrogens with two attached hydrogens (primary N) is 1. The van der Waals surface area contributed by atoms with Gasteiger partial charge in [-0.05, 0) is 55.7 Å². The second-order valence-corrected chi connectivity index (χ2v) is 10.6. The van der Waals surface area contributed by atoms with Crippen LogP contribution in [0.25, 0.3) is 5.70 Å². The average Bonchev–Trinajstić information content (AvgIpc) is 2.88. The van der Waals surface area contributed by atoms with Crippen LogP contribution in [0.15, 0.2) is 81.6 Å². The summed E-state index contributed by atoms with van der Waals surface area (Å²) in [6, 6.07) is 1.40. The third-order valence-corrected chi connectivity index (χ3v) is 6.76. The van der Waals surface area contributed by atoms with Gasteiger partial charge in [-0.1, -0.05) is 17.7 Å². The number of carbonyl (C=O) groups is 1. The lowest BCUT2D eigenvalue weighted by Gasteiger charge is -2.33. The van der Waals surface area contributed by atoms with Crippen LogP contribution in [0.3, 0.4) is 0 Å². The molecule has 0 radical (unpaired) electrons. The van der Waals surface area contributed by atoms with E-state index in [1.54, 1.807) is 25.1 Å². The van der Waals surface area contributed by atoms with Crippen molar-refractivity contribution >= 4 is 17.3 Å². The number of hydrogen-bond donors (Lipinski definition) is 1. The molecule has 1 aromatic heterocycles. The maximum atomic E-state index is 14.3. The number of nitrogen functional groups attached to an aromatic ring is 1. The third kappa shape index (κ3) is 7.38. The first-order valence-electron chi connectivity index (χ1n) is 13.0. The van der Waals surface area contributed by atoms with Gasteiger partial charge in [0.2, 0.25) is 5.82 Å². The zero-order valence-corrected chi connectivity index (χ0v) is 24.2. The van der Waals surface area contributed by atoms with Crippen molar-refractivity contribution in [3.8, 4) is 0 Å². The Morgan fingerprint density at radius 1 is 1.18 bits per heavy atom. The molecule has 3 heterocycles. The predicted molar refractivity (Wildman–Crippen MR) is 157 cm³/mol. The fourth-order valence-corrected chi connectivity index (χ4v) is 4.74. The minimum Gasteiger partial charge on any atom is -0.396 e. The van der Waals surface area contributed by atoms with E-state index in [0.29, 0.717) is 12.2 Å². The number of pyridine rings is 1. The minimum atomic E-state index is -0.951. The maximum Gasteiger partial charge on any atom is 0.293 e. The van der Waals surface area contributed by atoms with E-state index in [4.69, 9.17) is 5.73 Å². The largest absolute Gasteiger partial charge is 0.396 e. The number of hydrogen-bond acceptors (Lipinski definition) is 6. The van der Waals surface area contributed by atoms with E-state index in [2.05, 4.69) is 22.8 Å². The van der Waals surface area contributed by atoms with Crippen molar-refractivity contribution in [1.82, 2.24) is 24.2 Å². The molecule has 39 heavy (non-hydrogen) atoms. The minimum absolute atomic E-state index is 0.0410. The Hall–Kier alpha value is -3.85. The monoisotopic (exact) mass is 536 g/mol. The highest BCUT2D eigenvalue weighted by Crippen LogP contribution is 2.26. The van der Waals surface area contributed by atoms with E-state index in [-0.39, 0.29) is 11.6 Å². The molecule has 2 N–H and O–H groups in total. The molecule has 0 unspecified atom stereocenters. The SMILES string of the molecule is CC(/C=C(\C)CN1CC=C(C2=CC=C(C(=O)N(C)C)CN2C)CC1)=C(\C=C/N(C)C)n1ccc(N)c(F)c1=O. The van der Waals surface area contributed by atoms with Crippen molar-refractivity contribution < 1.29 is 9.18 Å². The highest BCUT2D eigenvalue weighted by molar-refractivity contribution is 5.94. The lowest BCUT2D eigenvalue weighted by molar-refractivity contribution is -0.124. The van der Waals surface area contributed by atoms with E-state index in [0.717, 1.165) is 48.5 Å². The van der Waals surface area contributed by atoms with Crippen LogP contribution >= 0.6 is 0 Å². The van der Waals surface area contributed by atoms with Gasteiger partial charge >= 0.3 is 0 Å². The van der Waals surface area contributed by atoms with Crippen molar-refractivity contribution in [3.63, 3.8) is 0 Å². The van der Waals surface area contributed by atoms with E-state index >= 15 is 0 Å². The number of carbonyl (C=O) groups excluding carboxylic acids is 1. The molecule has 2 aliphatic heterocycles. The summed E-state index contributed by atoms with van der Waals surface area (Å²) in [5, 5.41) is 0. The molecule has 0 spiro atoms. The van der Waals surface area contributed by atoms with Gasteiger partial charge in [-0.2, -0.15) is 4.39 Å². The van der Waals surface area contributed by atoms with Crippen molar-refractivity contribution in [3.05, 3.63) is 93.0 Å². The van der Waals surface area contributed by atoms with Crippen LogP contribution < -0.4 is 11.3 Å². The van der Waals surface area contributed by atoms with Crippen molar-refractivity contribution in [2.75, 3.05) is 67.2 Å². The predicted octanol–water partition coefficient (Wildman–Crippen LogP) is 3.30. The van der Waals surface area contributed by atoms with Crippen molar-refractivity contribution in [2.24, 2.45) is 0 Å². The third-order valence-electron chi connectivity index (χ3n) is 6.76. The zero-order chi connectivity index (χ0) is 28.9. The van der Waals surface area contributed by atoms with Crippen LogP contribution in [-0.4, -0.2) is 91.5 Å². The van der Waals surface area contributed by atoms with Gasteiger partial charge in [0, 0.05) is 85.1 Å². The molecule has 9 heteroatoms. The molecule has 0 saturated carbocycles. The van der Waals surface area contributed by atoms with Gasteiger partial charge in [-0.3, -0.25) is 19.1 Å². The van der Waals surface area contributed by atoms with Crippen LogP contribution in [0.1, 0.15) is 20.3 Å². The Morgan fingerprint density at radius 3 is 2.49 bits per heavy atom. The molecule has 3 rings (SSSR count). The molecule has 0 bridgehead atoms. The molecule has 0 saturated heterocycles. The summed E-state index contributed by atoms with van der Waals surface area (Å²) in [6.07, 6.45) is 14.3. The first-order valence-corrected chi connectivity index (χ1v) is 13.0. The Kier molecular flexibility index (Phi) is 9.75. The van der Waals surface area contributed by atoms with Crippen LogP contribution in [-0.2, 0) is 4.79 Å². The average molecular weight is 537 g/mol.